The van der Waals surface area contributed by atoms with Crippen LogP contribution in [0.4, 0.5) is 0 Å². The van der Waals surface area contributed by atoms with Crippen molar-refractivity contribution in [1.82, 2.24) is 4.57 Å². The van der Waals surface area contributed by atoms with E-state index in [2.05, 4.69) is 4.57 Å². The lowest BCUT2D eigenvalue weighted by molar-refractivity contribution is -0.142. The highest BCUT2D eigenvalue weighted by molar-refractivity contribution is 5.90. The van der Waals surface area contributed by atoms with Crippen LogP contribution in [0, 0.1) is 5.92 Å². The molecule has 1 heterocycles. The fraction of sp³-hybridized carbons (Fsp3) is 0.238. The first-order valence-electron chi connectivity index (χ1n) is 8.69. The van der Waals surface area contributed by atoms with E-state index in [0.717, 1.165) is 27.7 Å². The molecule has 1 aliphatic rings. The number of benzene rings is 2. The van der Waals surface area contributed by atoms with Crippen LogP contribution in [0.5, 0.6) is 0 Å². The Kier molecular flexibility index (Phi) is 3.99. The highest BCUT2D eigenvalue weighted by Crippen LogP contribution is 2.35. The number of aliphatic carboxylic acids is 1. The lowest BCUT2D eigenvalue weighted by atomic mass is 9.86. The van der Waals surface area contributed by atoms with Gasteiger partial charge in [0.2, 0.25) is 0 Å². The van der Waals surface area contributed by atoms with Crippen LogP contribution in [0.3, 0.4) is 0 Å². The topological polar surface area (TPSA) is 79.5 Å². The lowest BCUT2D eigenvalue weighted by Gasteiger charge is -2.21. The van der Waals surface area contributed by atoms with Crippen LogP contribution < -0.4 is 0 Å². The standard InChI is InChI=1S/C21H19NO4/c23-20(24)13-9-10-19-17(11-13)16-7-3-4-8-18(16)22(19)12-14-5-1-2-6-15(14)21(25)26/h1-8,13H,9-12H2,(H,23,24)(H,25,26). The summed E-state index contributed by atoms with van der Waals surface area (Å²) < 4.78 is 2.16. The van der Waals surface area contributed by atoms with Crippen LogP contribution in [0.2, 0.25) is 0 Å². The Morgan fingerprint density at radius 2 is 1.77 bits per heavy atom. The Hall–Kier alpha value is -3.08. The molecule has 4 rings (SSSR count). The monoisotopic (exact) mass is 349 g/mol. The minimum Gasteiger partial charge on any atom is -0.481 e. The van der Waals surface area contributed by atoms with Crippen LogP contribution in [0.1, 0.15) is 33.6 Å². The van der Waals surface area contributed by atoms with Crippen molar-refractivity contribution in [3.8, 4) is 0 Å². The molecule has 5 heteroatoms. The van der Waals surface area contributed by atoms with Crippen LogP contribution in [-0.2, 0) is 24.2 Å². The number of fused-ring (bicyclic) bond motifs is 3. The number of carbonyl (C=O) groups is 2. The van der Waals surface area contributed by atoms with Crippen LogP contribution in [0.15, 0.2) is 48.5 Å². The molecule has 0 bridgehead atoms. The predicted octanol–water partition coefficient (Wildman–Crippen LogP) is 3.58. The van der Waals surface area contributed by atoms with E-state index in [4.69, 9.17) is 0 Å². The summed E-state index contributed by atoms with van der Waals surface area (Å²) in [5, 5.41) is 19.9. The molecule has 26 heavy (non-hydrogen) atoms. The van der Waals surface area contributed by atoms with Gasteiger partial charge in [-0.1, -0.05) is 36.4 Å². The molecule has 0 fully saturated rings. The van der Waals surface area contributed by atoms with E-state index in [9.17, 15) is 19.8 Å². The van der Waals surface area contributed by atoms with Gasteiger partial charge in [-0.25, -0.2) is 4.79 Å². The summed E-state index contributed by atoms with van der Waals surface area (Å²) >= 11 is 0. The molecule has 132 valence electrons. The Labute approximate surface area is 150 Å². The summed E-state index contributed by atoms with van der Waals surface area (Å²) in [6, 6.07) is 15.0. The molecule has 1 atom stereocenters. The molecule has 0 spiro atoms. The van der Waals surface area contributed by atoms with Crippen molar-refractivity contribution in [2.24, 2.45) is 5.92 Å². The summed E-state index contributed by atoms with van der Waals surface area (Å²) in [6.45, 7) is 0.468. The summed E-state index contributed by atoms with van der Waals surface area (Å²) in [4.78, 5) is 23.0. The van der Waals surface area contributed by atoms with E-state index in [1.165, 1.54) is 0 Å². The number of para-hydroxylation sites is 1. The quantitative estimate of drug-likeness (QED) is 0.754. The molecule has 1 aliphatic carbocycles. The molecule has 1 unspecified atom stereocenters. The Morgan fingerprint density at radius 1 is 1.04 bits per heavy atom. The fourth-order valence-electron chi connectivity index (χ4n) is 4.03. The van der Waals surface area contributed by atoms with E-state index in [0.29, 0.717) is 31.4 Å². The van der Waals surface area contributed by atoms with E-state index in [-0.39, 0.29) is 5.92 Å². The van der Waals surface area contributed by atoms with Crippen LogP contribution in [-0.4, -0.2) is 26.7 Å². The van der Waals surface area contributed by atoms with Gasteiger partial charge < -0.3 is 14.8 Å². The van der Waals surface area contributed by atoms with Crippen molar-refractivity contribution in [3.05, 3.63) is 70.9 Å². The largest absolute Gasteiger partial charge is 0.481 e. The average molecular weight is 349 g/mol. The van der Waals surface area contributed by atoms with Gasteiger partial charge in [-0.2, -0.15) is 0 Å². The Balaban J connectivity index is 1.85. The van der Waals surface area contributed by atoms with Crippen molar-refractivity contribution in [3.63, 3.8) is 0 Å². The molecule has 1 aromatic heterocycles. The van der Waals surface area contributed by atoms with Gasteiger partial charge >= 0.3 is 11.9 Å². The zero-order valence-electron chi connectivity index (χ0n) is 14.2. The van der Waals surface area contributed by atoms with Gasteiger partial charge in [-0.15, -0.1) is 0 Å². The Bertz CT molecular complexity index is 1020. The average Bonchev–Trinajstić information content (AvgIpc) is 2.95. The van der Waals surface area contributed by atoms with Crippen LogP contribution in [0.25, 0.3) is 10.9 Å². The molecular formula is C21H19NO4. The van der Waals surface area contributed by atoms with Crippen LogP contribution >= 0.6 is 0 Å². The normalized spacial score (nSPS) is 16.4. The third kappa shape index (κ3) is 2.65. The van der Waals surface area contributed by atoms with Crippen molar-refractivity contribution < 1.29 is 19.8 Å². The molecule has 0 radical (unpaired) electrons. The van der Waals surface area contributed by atoms with Crippen molar-refractivity contribution in [2.75, 3.05) is 0 Å². The second kappa shape index (κ2) is 6.33. The maximum Gasteiger partial charge on any atom is 0.336 e. The zero-order valence-corrected chi connectivity index (χ0v) is 14.2. The number of carboxylic acid groups (broad SMARTS) is 2. The van der Waals surface area contributed by atoms with E-state index < -0.39 is 11.9 Å². The molecule has 0 aliphatic heterocycles. The molecule has 0 saturated carbocycles. The molecule has 0 amide bonds. The van der Waals surface area contributed by atoms with Gasteiger partial charge in [-0.05, 0) is 42.5 Å². The molecule has 2 N–H and O–H groups in total. The molecule has 3 aromatic rings. The number of hydrogen-bond donors (Lipinski definition) is 2. The van der Waals surface area contributed by atoms with Crippen molar-refractivity contribution in [2.45, 2.75) is 25.8 Å². The lowest BCUT2D eigenvalue weighted by Crippen LogP contribution is -2.23. The minimum absolute atomic E-state index is 0.304. The highest BCUT2D eigenvalue weighted by atomic mass is 16.4. The Morgan fingerprint density at radius 3 is 2.54 bits per heavy atom. The molecule has 2 aromatic carbocycles. The number of nitrogens with zero attached hydrogens (tertiary/aromatic N) is 1. The molecule has 5 nitrogen and oxygen atoms in total. The first-order valence-corrected chi connectivity index (χ1v) is 8.69. The van der Waals surface area contributed by atoms with E-state index in [1.54, 1.807) is 12.1 Å². The number of carboxylic acids is 2. The minimum atomic E-state index is -0.933. The number of hydrogen-bond acceptors (Lipinski definition) is 2. The van der Waals surface area contributed by atoms with Gasteiger partial charge in [0.1, 0.15) is 0 Å². The molecular weight excluding hydrogens is 330 g/mol. The smallest absolute Gasteiger partial charge is 0.336 e. The van der Waals surface area contributed by atoms with E-state index in [1.807, 2.05) is 36.4 Å². The number of aromatic nitrogens is 1. The SMILES string of the molecule is O=C(O)c1ccccc1Cn1c2c(c3ccccc31)CC(C(=O)O)CC2. The van der Waals surface area contributed by atoms with Crippen molar-refractivity contribution in [1.29, 1.82) is 0 Å². The first kappa shape index (κ1) is 16.4. The third-order valence-corrected chi connectivity index (χ3v) is 5.30. The van der Waals surface area contributed by atoms with Crippen molar-refractivity contribution >= 4 is 22.8 Å². The maximum absolute atomic E-state index is 11.5. The predicted molar refractivity (Wildman–Crippen MR) is 97.6 cm³/mol. The summed E-state index contributed by atoms with van der Waals surface area (Å²) in [5.74, 6) is -2.03. The second-order valence-electron chi connectivity index (χ2n) is 6.77. The van der Waals surface area contributed by atoms with Gasteiger partial charge in [0, 0.05) is 23.1 Å². The first-order chi connectivity index (χ1) is 12.6. The van der Waals surface area contributed by atoms with Gasteiger partial charge in [0.25, 0.3) is 0 Å². The highest BCUT2D eigenvalue weighted by Gasteiger charge is 2.29. The third-order valence-electron chi connectivity index (χ3n) is 5.30. The summed E-state index contributed by atoms with van der Waals surface area (Å²) in [5.41, 5.74) is 4.31. The fourth-order valence-corrected chi connectivity index (χ4v) is 4.03. The second-order valence-corrected chi connectivity index (χ2v) is 6.77. The summed E-state index contributed by atoms with van der Waals surface area (Å²) in [6.07, 6.45) is 1.83. The van der Waals surface area contributed by atoms with Gasteiger partial charge in [-0.3, -0.25) is 4.79 Å². The summed E-state index contributed by atoms with van der Waals surface area (Å²) in [7, 11) is 0. The number of rotatable bonds is 4. The maximum atomic E-state index is 11.5. The molecule has 0 saturated heterocycles. The number of aromatic carboxylic acids is 1. The van der Waals surface area contributed by atoms with Gasteiger partial charge in [0.05, 0.1) is 11.5 Å². The zero-order chi connectivity index (χ0) is 18.3. The van der Waals surface area contributed by atoms with Gasteiger partial charge in [0.15, 0.2) is 0 Å². The van der Waals surface area contributed by atoms with E-state index >= 15 is 0 Å².